The van der Waals surface area contributed by atoms with Gasteiger partial charge in [0.25, 0.3) is 0 Å². The van der Waals surface area contributed by atoms with Gasteiger partial charge in [0, 0.05) is 5.56 Å². The van der Waals surface area contributed by atoms with E-state index in [4.69, 9.17) is 26.6 Å². The molecule has 2 N–H and O–H groups in total. The van der Waals surface area contributed by atoms with Crippen molar-refractivity contribution in [1.29, 1.82) is 0 Å². The van der Waals surface area contributed by atoms with Gasteiger partial charge in [-0.3, -0.25) is 0 Å². The van der Waals surface area contributed by atoms with Crippen LogP contribution in [0.25, 0.3) is 0 Å². The third kappa shape index (κ3) is 2.52. The van der Waals surface area contributed by atoms with Crippen LogP contribution in [-0.2, 0) is 9.31 Å². The zero-order chi connectivity index (χ0) is 14.4. The summed E-state index contributed by atoms with van der Waals surface area (Å²) >= 11 is 5.76. The van der Waals surface area contributed by atoms with Gasteiger partial charge in [0.15, 0.2) is 0 Å². The lowest BCUT2D eigenvalue weighted by Gasteiger charge is -2.32. The molecule has 1 heterocycles. The minimum absolute atomic E-state index is 0.0458. The van der Waals surface area contributed by atoms with E-state index < -0.39 is 30.1 Å². The van der Waals surface area contributed by atoms with Gasteiger partial charge >= 0.3 is 7.12 Å². The summed E-state index contributed by atoms with van der Waals surface area (Å²) in [4.78, 5) is 0. The van der Waals surface area contributed by atoms with Crippen molar-refractivity contribution in [2.75, 3.05) is 0 Å². The van der Waals surface area contributed by atoms with Crippen LogP contribution < -0.4 is 5.73 Å². The first-order valence-corrected chi connectivity index (χ1v) is 6.58. The van der Waals surface area contributed by atoms with Crippen LogP contribution in [0.1, 0.15) is 39.2 Å². The van der Waals surface area contributed by atoms with Crippen molar-refractivity contribution in [2.45, 2.75) is 44.8 Å². The molecule has 0 amide bonds. The topological polar surface area (TPSA) is 44.5 Å². The molecule has 1 saturated heterocycles. The first-order chi connectivity index (χ1) is 8.66. The van der Waals surface area contributed by atoms with Crippen LogP contribution in [0.15, 0.2) is 18.2 Å². The van der Waals surface area contributed by atoms with Gasteiger partial charge in [-0.25, -0.2) is 4.39 Å². The highest BCUT2D eigenvalue weighted by Gasteiger charge is 2.53. The molecule has 0 bridgehead atoms. The molecule has 1 aromatic rings. The predicted octanol–water partition coefficient (Wildman–Crippen LogP) is 3.11. The van der Waals surface area contributed by atoms with E-state index in [9.17, 15) is 4.39 Å². The van der Waals surface area contributed by atoms with E-state index in [1.54, 1.807) is 12.1 Å². The van der Waals surface area contributed by atoms with Crippen molar-refractivity contribution < 1.29 is 13.7 Å². The first kappa shape index (κ1) is 14.8. The average molecular weight is 286 g/mol. The minimum atomic E-state index is -0.722. The molecule has 1 fully saturated rings. The lowest BCUT2D eigenvalue weighted by molar-refractivity contribution is 0.00578. The van der Waals surface area contributed by atoms with Gasteiger partial charge in [-0.2, -0.15) is 0 Å². The second-order valence-electron chi connectivity index (χ2n) is 5.79. The lowest BCUT2D eigenvalue weighted by atomic mass is 9.74. The van der Waals surface area contributed by atoms with Gasteiger partial charge in [-0.15, -0.1) is 0 Å². The van der Waals surface area contributed by atoms with E-state index in [2.05, 4.69) is 0 Å². The Bertz CT molecular complexity index is 480. The van der Waals surface area contributed by atoms with Crippen LogP contribution in [0, 0.1) is 5.82 Å². The second-order valence-corrected chi connectivity index (χ2v) is 6.20. The molecule has 1 aliphatic rings. The van der Waals surface area contributed by atoms with Crippen LogP contribution in [0.2, 0.25) is 5.02 Å². The Labute approximate surface area is 118 Å². The molecule has 0 spiro atoms. The Morgan fingerprint density at radius 1 is 1.21 bits per heavy atom. The van der Waals surface area contributed by atoms with Crippen LogP contribution in [0.4, 0.5) is 4.39 Å². The van der Waals surface area contributed by atoms with Crippen molar-refractivity contribution >= 4 is 18.7 Å². The molecule has 0 aromatic heterocycles. The van der Waals surface area contributed by atoms with Gasteiger partial charge in [0.1, 0.15) is 5.82 Å². The third-order valence-corrected chi connectivity index (χ3v) is 4.20. The maximum atomic E-state index is 14.0. The normalized spacial score (nSPS) is 22.6. The molecule has 1 aromatic carbocycles. The SMILES string of the molecule is CC1(C)OB([C@@H](N)c2cccc(Cl)c2F)OC1(C)C. The summed E-state index contributed by atoms with van der Waals surface area (Å²) < 4.78 is 25.6. The number of hydrogen-bond donors (Lipinski definition) is 1. The van der Waals surface area contributed by atoms with E-state index in [-0.39, 0.29) is 5.02 Å². The second kappa shape index (κ2) is 4.74. The summed E-state index contributed by atoms with van der Waals surface area (Å²) in [5, 5.41) is 0.0458. The number of rotatable bonds is 2. The predicted molar refractivity (Wildman–Crippen MR) is 74.4 cm³/mol. The van der Waals surface area contributed by atoms with E-state index in [0.29, 0.717) is 5.56 Å². The Morgan fingerprint density at radius 3 is 2.26 bits per heavy atom. The van der Waals surface area contributed by atoms with E-state index in [0.717, 1.165) is 0 Å². The summed E-state index contributed by atoms with van der Waals surface area (Å²) in [5.41, 5.74) is 5.37. The Balaban J connectivity index is 2.27. The summed E-state index contributed by atoms with van der Waals surface area (Å²) in [5.74, 6) is -1.24. The molecular weight excluding hydrogens is 267 g/mol. The molecule has 0 radical (unpaired) electrons. The van der Waals surface area contributed by atoms with Gasteiger partial charge in [0.05, 0.1) is 22.2 Å². The number of benzene rings is 1. The molecule has 3 nitrogen and oxygen atoms in total. The van der Waals surface area contributed by atoms with E-state index in [1.165, 1.54) is 6.07 Å². The van der Waals surface area contributed by atoms with Gasteiger partial charge in [0.2, 0.25) is 0 Å². The highest BCUT2D eigenvalue weighted by atomic mass is 35.5. The molecule has 104 valence electrons. The van der Waals surface area contributed by atoms with Crippen LogP contribution in [0.5, 0.6) is 0 Å². The van der Waals surface area contributed by atoms with Crippen molar-refractivity contribution in [1.82, 2.24) is 0 Å². The van der Waals surface area contributed by atoms with Crippen LogP contribution in [-0.4, -0.2) is 18.3 Å². The van der Waals surface area contributed by atoms with Crippen molar-refractivity contribution in [3.63, 3.8) is 0 Å². The van der Waals surface area contributed by atoms with Crippen LogP contribution >= 0.6 is 11.6 Å². The van der Waals surface area contributed by atoms with E-state index >= 15 is 0 Å². The largest absolute Gasteiger partial charge is 0.480 e. The zero-order valence-corrected chi connectivity index (χ0v) is 12.3. The van der Waals surface area contributed by atoms with Crippen molar-refractivity contribution in [3.05, 3.63) is 34.6 Å². The van der Waals surface area contributed by atoms with E-state index in [1.807, 2.05) is 27.7 Å². The number of halogens is 2. The highest BCUT2D eigenvalue weighted by molar-refractivity contribution is 6.47. The smallest absolute Gasteiger partial charge is 0.402 e. The number of nitrogens with two attached hydrogens (primary N) is 1. The molecule has 0 unspecified atom stereocenters. The molecular formula is C13H18BClFNO2. The van der Waals surface area contributed by atoms with Crippen molar-refractivity contribution in [2.24, 2.45) is 5.73 Å². The van der Waals surface area contributed by atoms with Gasteiger partial charge < -0.3 is 15.0 Å². The lowest BCUT2D eigenvalue weighted by Crippen LogP contribution is -2.41. The molecule has 2 rings (SSSR count). The molecule has 1 atom stereocenters. The fraction of sp³-hybridized carbons (Fsp3) is 0.538. The quantitative estimate of drug-likeness (QED) is 0.849. The Kier molecular flexibility index (Phi) is 3.69. The van der Waals surface area contributed by atoms with Gasteiger partial charge in [-0.1, -0.05) is 23.7 Å². The standard InChI is InChI=1S/C13H18BClFNO2/c1-12(2)13(3,4)19-14(18-12)11(17)8-6-5-7-9(15)10(8)16/h5-7,11H,17H2,1-4H3/t11-/m0/s1. The summed E-state index contributed by atoms with van der Waals surface area (Å²) in [6.07, 6.45) is 0. The maximum Gasteiger partial charge on any atom is 0.480 e. The first-order valence-electron chi connectivity index (χ1n) is 6.21. The number of hydrogen-bond acceptors (Lipinski definition) is 3. The molecule has 6 heteroatoms. The Hall–Kier alpha value is -0.615. The van der Waals surface area contributed by atoms with Crippen LogP contribution in [0.3, 0.4) is 0 Å². The molecule has 19 heavy (non-hydrogen) atoms. The molecule has 1 aliphatic heterocycles. The third-order valence-electron chi connectivity index (χ3n) is 3.91. The molecule has 0 saturated carbocycles. The average Bonchev–Trinajstić information content (AvgIpc) is 2.51. The fourth-order valence-electron chi connectivity index (χ4n) is 1.96. The maximum absolute atomic E-state index is 14.0. The Morgan fingerprint density at radius 2 is 1.74 bits per heavy atom. The summed E-state index contributed by atoms with van der Waals surface area (Å²) in [6, 6.07) is 4.74. The zero-order valence-electron chi connectivity index (χ0n) is 11.5. The minimum Gasteiger partial charge on any atom is -0.402 e. The summed E-state index contributed by atoms with van der Waals surface area (Å²) in [7, 11) is -0.696. The highest BCUT2D eigenvalue weighted by Crippen LogP contribution is 2.40. The monoisotopic (exact) mass is 285 g/mol. The van der Waals surface area contributed by atoms with Crippen molar-refractivity contribution in [3.8, 4) is 0 Å². The van der Waals surface area contributed by atoms with Gasteiger partial charge in [-0.05, 0) is 33.8 Å². The summed E-state index contributed by atoms with van der Waals surface area (Å²) in [6.45, 7) is 7.70. The molecule has 0 aliphatic carbocycles. The fourth-order valence-corrected chi connectivity index (χ4v) is 2.14.